The van der Waals surface area contributed by atoms with Crippen LogP contribution in [0.25, 0.3) is 16.0 Å². The van der Waals surface area contributed by atoms with Gasteiger partial charge < -0.3 is 5.11 Å². The average Bonchev–Trinajstić information content (AvgIpc) is 3.32. The number of aliphatic hydroxyl groups is 1. The van der Waals surface area contributed by atoms with E-state index in [0.29, 0.717) is 21.8 Å². The van der Waals surface area contributed by atoms with Crippen LogP contribution in [0.3, 0.4) is 0 Å². The lowest BCUT2D eigenvalue weighted by molar-refractivity contribution is -0.132. The van der Waals surface area contributed by atoms with E-state index in [1.165, 1.54) is 34.4 Å². The first-order valence-electron chi connectivity index (χ1n) is 9.93. The standard InChI is InChI=1S/C25H17FN2O3S/c1-14-9-11-15(12-10-14)22(29)20-21(16-5-4-6-17(26)13-16)28(24(31)23(20)30)25-27-18-7-2-3-8-19(18)32-25/h2-13,21,29H,1H3. The number of benzene rings is 3. The Morgan fingerprint density at radius 2 is 1.78 bits per heavy atom. The number of aryl methyl sites for hydroxylation is 1. The quantitative estimate of drug-likeness (QED) is 0.262. The molecule has 0 spiro atoms. The molecule has 1 amide bonds. The number of hydrogen-bond acceptors (Lipinski definition) is 5. The van der Waals surface area contributed by atoms with E-state index in [9.17, 15) is 19.1 Å². The lowest BCUT2D eigenvalue weighted by Gasteiger charge is -2.23. The molecule has 1 unspecified atom stereocenters. The first kappa shape index (κ1) is 20.1. The maximum atomic E-state index is 14.1. The Bertz CT molecular complexity index is 1380. The fourth-order valence-corrected chi connectivity index (χ4v) is 4.84. The van der Waals surface area contributed by atoms with Crippen LogP contribution in [-0.4, -0.2) is 21.8 Å². The van der Waals surface area contributed by atoms with Gasteiger partial charge in [-0.3, -0.25) is 14.5 Å². The van der Waals surface area contributed by atoms with E-state index in [0.717, 1.165) is 10.3 Å². The molecular formula is C25H17FN2O3S. The molecule has 1 N–H and O–H groups in total. The molecule has 158 valence electrons. The molecule has 1 atom stereocenters. The summed E-state index contributed by atoms with van der Waals surface area (Å²) in [6, 6.07) is 19.0. The Hall–Kier alpha value is -3.84. The second-order valence-electron chi connectivity index (χ2n) is 7.55. The predicted molar refractivity (Wildman–Crippen MR) is 122 cm³/mol. The zero-order chi connectivity index (χ0) is 22.4. The van der Waals surface area contributed by atoms with Crippen molar-refractivity contribution in [3.63, 3.8) is 0 Å². The lowest BCUT2D eigenvalue weighted by atomic mass is 9.95. The second kappa shape index (κ2) is 7.69. The van der Waals surface area contributed by atoms with Crippen LogP contribution in [0.5, 0.6) is 0 Å². The molecule has 2 heterocycles. The fourth-order valence-electron chi connectivity index (χ4n) is 3.85. The van der Waals surface area contributed by atoms with E-state index in [1.54, 1.807) is 30.3 Å². The van der Waals surface area contributed by atoms with Crippen LogP contribution in [0.15, 0.2) is 78.4 Å². The molecule has 1 aromatic heterocycles. The second-order valence-corrected chi connectivity index (χ2v) is 8.56. The summed E-state index contributed by atoms with van der Waals surface area (Å²) < 4.78 is 15.0. The molecule has 1 saturated heterocycles. The van der Waals surface area contributed by atoms with Crippen molar-refractivity contribution in [3.8, 4) is 0 Å². The van der Waals surface area contributed by atoms with Crippen molar-refractivity contribution in [1.82, 2.24) is 4.98 Å². The fraction of sp³-hybridized carbons (Fsp3) is 0.0800. The van der Waals surface area contributed by atoms with Crippen molar-refractivity contribution in [2.75, 3.05) is 4.90 Å². The van der Waals surface area contributed by atoms with E-state index in [1.807, 2.05) is 31.2 Å². The van der Waals surface area contributed by atoms with Crippen LogP contribution in [0.1, 0.15) is 22.7 Å². The van der Waals surface area contributed by atoms with E-state index < -0.39 is 23.5 Å². The Morgan fingerprint density at radius 1 is 1.03 bits per heavy atom. The van der Waals surface area contributed by atoms with Crippen LogP contribution < -0.4 is 4.90 Å². The molecule has 0 radical (unpaired) electrons. The number of anilines is 1. The van der Waals surface area contributed by atoms with Crippen LogP contribution in [0.2, 0.25) is 0 Å². The number of ketones is 1. The molecule has 1 aliphatic heterocycles. The highest BCUT2D eigenvalue weighted by atomic mass is 32.1. The number of nitrogens with zero attached hydrogens (tertiary/aromatic N) is 2. The molecular weight excluding hydrogens is 427 g/mol. The zero-order valence-corrected chi connectivity index (χ0v) is 17.8. The van der Waals surface area contributed by atoms with Gasteiger partial charge in [-0.15, -0.1) is 0 Å². The van der Waals surface area contributed by atoms with E-state index in [2.05, 4.69) is 4.98 Å². The Kier molecular flexibility index (Phi) is 4.83. The highest BCUT2D eigenvalue weighted by Gasteiger charge is 2.48. The first-order valence-corrected chi connectivity index (χ1v) is 10.7. The summed E-state index contributed by atoms with van der Waals surface area (Å²) in [5.41, 5.74) is 2.35. The average molecular weight is 444 g/mol. The van der Waals surface area contributed by atoms with Crippen molar-refractivity contribution in [1.29, 1.82) is 0 Å². The van der Waals surface area contributed by atoms with Crippen LogP contribution in [0, 0.1) is 12.7 Å². The molecule has 7 heteroatoms. The number of amides is 1. The van der Waals surface area contributed by atoms with E-state index in [-0.39, 0.29) is 11.3 Å². The zero-order valence-electron chi connectivity index (χ0n) is 16.9. The molecule has 0 aliphatic carbocycles. The van der Waals surface area contributed by atoms with Gasteiger partial charge in [0.2, 0.25) is 0 Å². The van der Waals surface area contributed by atoms with Crippen LogP contribution >= 0.6 is 11.3 Å². The van der Waals surface area contributed by atoms with Gasteiger partial charge >= 0.3 is 5.91 Å². The van der Waals surface area contributed by atoms with Crippen molar-refractivity contribution < 1.29 is 19.1 Å². The number of aromatic nitrogens is 1. The van der Waals surface area contributed by atoms with Gasteiger partial charge in [0.25, 0.3) is 5.78 Å². The largest absolute Gasteiger partial charge is 0.507 e. The minimum Gasteiger partial charge on any atom is -0.507 e. The van der Waals surface area contributed by atoms with Gasteiger partial charge in [0, 0.05) is 5.56 Å². The number of Topliss-reactive ketones (excluding diaryl/α,β-unsaturated/α-hetero) is 1. The molecule has 1 fully saturated rings. The number of carbonyl (C=O) groups is 2. The minimum absolute atomic E-state index is 0.0938. The summed E-state index contributed by atoms with van der Waals surface area (Å²) in [6.07, 6.45) is 0. The Labute approximate surface area is 187 Å². The molecule has 0 bridgehead atoms. The third kappa shape index (κ3) is 3.27. The van der Waals surface area contributed by atoms with Crippen molar-refractivity contribution in [2.45, 2.75) is 13.0 Å². The third-order valence-electron chi connectivity index (χ3n) is 5.42. The minimum atomic E-state index is -1.01. The van der Waals surface area contributed by atoms with Gasteiger partial charge in [-0.05, 0) is 36.8 Å². The number of rotatable bonds is 3. The Morgan fingerprint density at radius 3 is 2.50 bits per heavy atom. The van der Waals surface area contributed by atoms with Crippen molar-refractivity contribution in [2.24, 2.45) is 0 Å². The molecule has 4 aromatic rings. The highest BCUT2D eigenvalue weighted by Crippen LogP contribution is 2.44. The van der Waals surface area contributed by atoms with Crippen LogP contribution in [0.4, 0.5) is 9.52 Å². The SMILES string of the molecule is Cc1ccc(C(O)=C2C(=O)C(=O)N(c3nc4ccccc4s3)C2c2cccc(F)c2)cc1. The molecule has 5 nitrogen and oxygen atoms in total. The summed E-state index contributed by atoms with van der Waals surface area (Å²) in [5, 5.41) is 11.4. The summed E-state index contributed by atoms with van der Waals surface area (Å²) in [6.45, 7) is 1.91. The highest BCUT2D eigenvalue weighted by molar-refractivity contribution is 7.22. The number of fused-ring (bicyclic) bond motifs is 1. The number of aliphatic hydroxyl groups excluding tert-OH is 1. The summed E-state index contributed by atoms with van der Waals surface area (Å²) in [7, 11) is 0. The van der Waals surface area contributed by atoms with Crippen molar-refractivity contribution in [3.05, 3.63) is 101 Å². The summed E-state index contributed by atoms with van der Waals surface area (Å²) in [4.78, 5) is 32.1. The molecule has 3 aromatic carbocycles. The number of carbonyl (C=O) groups excluding carboxylic acids is 2. The number of para-hydroxylation sites is 1. The molecule has 0 saturated carbocycles. The van der Waals surface area contributed by atoms with E-state index >= 15 is 0 Å². The van der Waals surface area contributed by atoms with Gasteiger partial charge in [0.05, 0.1) is 21.8 Å². The molecule has 1 aliphatic rings. The maximum Gasteiger partial charge on any atom is 0.301 e. The number of halogens is 1. The van der Waals surface area contributed by atoms with Crippen molar-refractivity contribution >= 4 is 44.1 Å². The van der Waals surface area contributed by atoms with Gasteiger partial charge in [-0.1, -0.05) is 65.4 Å². The van der Waals surface area contributed by atoms with Gasteiger partial charge in [0.1, 0.15) is 11.6 Å². The maximum absolute atomic E-state index is 14.1. The van der Waals surface area contributed by atoms with Crippen LogP contribution in [-0.2, 0) is 9.59 Å². The number of hydrogen-bond donors (Lipinski definition) is 1. The first-order chi connectivity index (χ1) is 15.4. The Balaban J connectivity index is 1.74. The van der Waals surface area contributed by atoms with E-state index in [4.69, 9.17) is 0 Å². The number of thiazole rings is 1. The lowest BCUT2D eigenvalue weighted by Crippen LogP contribution is -2.29. The molecule has 32 heavy (non-hydrogen) atoms. The van der Waals surface area contributed by atoms with Gasteiger partial charge in [-0.25, -0.2) is 9.37 Å². The molecule has 5 rings (SSSR count). The smallest absolute Gasteiger partial charge is 0.301 e. The predicted octanol–water partition coefficient (Wildman–Crippen LogP) is 5.37. The summed E-state index contributed by atoms with van der Waals surface area (Å²) >= 11 is 1.26. The summed E-state index contributed by atoms with van der Waals surface area (Å²) in [5.74, 6) is -2.46. The van der Waals surface area contributed by atoms with Gasteiger partial charge in [-0.2, -0.15) is 0 Å². The third-order valence-corrected chi connectivity index (χ3v) is 6.46. The normalized spacial score (nSPS) is 17.9. The monoisotopic (exact) mass is 444 g/mol. The van der Waals surface area contributed by atoms with Gasteiger partial charge in [0.15, 0.2) is 5.13 Å². The topological polar surface area (TPSA) is 70.5 Å².